The third-order valence-corrected chi connectivity index (χ3v) is 7.94. The van der Waals surface area contributed by atoms with E-state index in [1.165, 1.54) is 23.5 Å². The number of hydrogen-bond acceptors (Lipinski definition) is 4. The molecule has 8 heteroatoms. The van der Waals surface area contributed by atoms with E-state index in [4.69, 9.17) is 11.6 Å². The van der Waals surface area contributed by atoms with E-state index in [0.717, 1.165) is 32.7 Å². The Morgan fingerprint density at radius 2 is 1.97 bits per heavy atom. The van der Waals surface area contributed by atoms with Crippen LogP contribution in [0.25, 0.3) is 21.0 Å². The van der Waals surface area contributed by atoms with Gasteiger partial charge < -0.3 is 9.88 Å². The number of carbonyl (C=O) groups is 1. The topological polar surface area (TPSA) is 53.2 Å². The first-order valence-corrected chi connectivity index (χ1v) is 12.3. The molecule has 0 fully saturated rings. The van der Waals surface area contributed by atoms with E-state index in [2.05, 4.69) is 4.98 Å². The highest BCUT2D eigenvalue weighted by Gasteiger charge is 2.24. The second-order valence-corrected chi connectivity index (χ2v) is 10.3. The lowest BCUT2D eigenvalue weighted by atomic mass is 10.1. The average molecular weight is 497 g/mol. The molecule has 0 aliphatic heterocycles. The normalized spacial score (nSPS) is 11.4. The zero-order valence-corrected chi connectivity index (χ0v) is 19.9. The van der Waals surface area contributed by atoms with Crippen molar-refractivity contribution in [2.75, 3.05) is 0 Å². The van der Waals surface area contributed by atoms with Crippen LogP contribution < -0.4 is 5.56 Å². The Kier molecular flexibility index (Phi) is 5.78. The van der Waals surface area contributed by atoms with Crippen LogP contribution in [0, 0.1) is 12.7 Å². The Morgan fingerprint density at radius 1 is 1.12 bits per heavy atom. The van der Waals surface area contributed by atoms with E-state index in [-0.39, 0.29) is 23.8 Å². The predicted octanol–water partition coefficient (Wildman–Crippen LogP) is 6.75. The van der Waals surface area contributed by atoms with E-state index >= 15 is 0 Å². The minimum atomic E-state index is -0.382. The molecule has 0 atom stereocenters. The standard InChI is InChI=1S/C25H18ClFN2O2S2/c1-14-4-7-20-15(9-14)10-16(24(30)28-20)12-29(13-18-3-2-8-32-18)25(31)23-22(26)19-6-5-17(27)11-21(19)33-23/h2-11H,12-13H2,1H3,(H,28,30). The molecular weight excluding hydrogens is 479 g/mol. The number of aryl methyl sites for hydroxylation is 1. The molecule has 5 aromatic rings. The molecule has 0 bridgehead atoms. The maximum Gasteiger partial charge on any atom is 0.266 e. The number of amides is 1. The number of fused-ring (bicyclic) bond motifs is 2. The number of pyridine rings is 1. The van der Waals surface area contributed by atoms with Gasteiger partial charge in [0.15, 0.2) is 0 Å². The third kappa shape index (κ3) is 4.31. The molecule has 166 valence electrons. The summed E-state index contributed by atoms with van der Waals surface area (Å²) in [6.07, 6.45) is 0. The van der Waals surface area contributed by atoms with Crippen LogP contribution in [-0.4, -0.2) is 15.8 Å². The van der Waals surface area contributed by atoms with Gasteiger partial charge in [0.1, 0.15) is 10.7 Å². The average Bonchev–Trinajstić information content (AvgIpc) is 3.41. The molecule has 0 saturated carbocycles. The summed E-state index contributed by atoms with van der Waals surface area (Å²) in [6.45, 7) is 2.44. The molecule has 0 aliphatic rings. The van der Waals surface area contributed by atoms with Gasteiger partial charge in [-0.15, -0.1) is 22.7 Å². The summed E-state index contributed by atoms with van der Waals surface area (Å²) >= 11 is 9.23. The number of aromatic amines is 1. The molecule has 0 saturated heterocycles. The van der Waals surface area contributed by atoms with Crippen LogP contribution in [-0.2, 0) is 13.1 Å². The first-order valence-electron chi connectivity index (χ1n) is 10.2. The Hall–Kier alpha value is -3.00. The van der Waals surface area contributed by atoms with Crippen molar-refractivity contribution in [3.8, 4) is 0 Å². The van der Waals surface area contributed by atoms with Gasteiger partial charge >= 0.3 is 0 Å². The van der Waals surface area contributed by atoms with E-state index < -0.39 is 0 Å². The lowest BCUT2D eigenvalue weighted by molar-refractivity contribution is 0.0736. The fourth-order valence-corrected chi connectivity index (χ4v) is 6.03. The Bertz CT molecular complexity index is 1560. The summed E-state index contributed by atoms with van der Waals surface area (Å²) in [4.78, 5) is 32.3. The smallest absolute Gasteiger partial charge is 0.266 e. The molecule has 2 aromatic carbocycles. The second kappa shape index (κ2) is 8.74. The number of halogens is 2. The number of aromatic nitrogens is 1. The molecule has 33 heavy (non-hydrogen) atoms. The van der Waals surface area contributed by atoms with Crippen molar-refractivity contribution in [3.05, 3.63) is 102 Å². The number of carbonyl (C=O) groups excluding carboxylic acids is 1. The number of nitrogens with zero attached hydrogens (tertiary/aromatic N) is 1. The van der Waals surface area contributed by atoms with Gasteiger partial charge in [-0.25, -0.2) is 4.39 Å². The summed E-state index contributed by atoms with van der Waals surface area (Å²) in [5.41, 5.74) is 2.08. The molecule has 5 rings (SSSR count). The molecule has 3 aromatic heterocycles. The summed E-state index contributed by atoms with van der Waals surface area (Å²) in [5, 5.41) is 3.79. The predicted molar refractivity (Wildman–Crippen MR) is 134 cm³/mol. The lowest BCUT2D eigenvalue weighted by Crippen LogP contribution is -2.32. The van der Waals surface area contributed by atoms with Crippen LogP contribution in [0.3, 0.4) is 0 Å². The van der Waals surface area contributed by atoms with Crippen molar-refractivity contribution in [2.24, 2.45) is 0 Å². The molecule has 0 spiro atoms. The van der Waals surface area contributed by atoms with Crippen LogP contribution in [0.5, 0.6) is 0 Å². The molecule has 0 radical (unpaired) electrons. The molecular formula is C25H18ClFN2O2S2. The highest BCUT2D eigenvalue weighted by atomic mass is 35.5. The van der Waals surface area contributed by atoms with Crippen LogP contribution in [0.15, 0.2) is 64.8 Å². The van der Waals surface area contributed by atoms with E-state index in [0.29, 0.717) is 32.1 Å². The van der Waals surface area contributed by atoms with E-state index in [1.807, 2.05) is 48.7 Å². The highest BCUT2D eigenvalue weighted by Crippen LogP contribution is 2.37. The van der Waals surface area contributed by atoms with Crippen molar-refractivity contribution >= 4 is 61.2 Å². The van der Waals surface area contributed by atoms with Crippen molar-refractivity contribution in [1.82, 2.24) is 9.88 Å². The minimum absolute atomic E-state index is 0.120. The number of H-pyrrole nitrogens is 1. The molecule has 3 heterocycles. The van der Waals surface area contributed by atoms with Crippen molar-refractivity contribution < 1.29 is 9.18 Å². The summed E-state index contributed by atoms with van der Waals surface area (Å²) in [6, 6.07) is 15.8. The van der Waals surface area contributed by atoms with Crippen molar-refractivity contribution in [3.63, 3.8) is 0 Å². The Labute approximate surface area is 201 Å². The zero-order chi connectivity index (χ0) is 23.1. The summed E-state index contributed by atoms with van der Waals surface area (Å²) in [5.74, 6) is -0.674. The van der Waals surface area contributed by atoms with Gasteiger partial charge in [0.25, 0.3) is 11.5 Å². The van der Waals surface area contributed by atoms with Crippen molar-refractivity contribution in [2.45, 2.75) is 20.0 Å². The van der Waals surface area contributed by atoms with Crippen LogP contribution in [0.4, 0.5) is 4.39 Å². The first kappa shape index (κ1) is 21.8. The first-order chi connectivity index (χ1) is 15.9. The quantitative estimate of drug-likeness (QED) is 0.292. The molecule has 0 unspecified atom stereocenters. The SMILES string of the molecule is Cc1ccc2[nH]c(=O)c(CN(Cc3cccs3)C(=O)c3sc4cc(F)ccc4c3Cl)cc2c1. The largest absolute Gasteiger partial charge is 0.328 e. The third-order valence-electron chi connectivity index (χ3n) is 5.44. The molecule has 4 nitrogen and oxygen atoms in total. The summed E-state index contributed by atoms with van der Waals surface area (Å²) in [7, 11) is 0. The lowest BCUT2D eigenvalue weighted by Gasteiger charge is -2.22. The molecule has 0 aliphatic carbocycles. The van der Waals surface area contributed by atoms with Gasteiger partial charge in [0.05, 0.1) is 18.1 Å². The van der Waals surface area contributed by atoms with E-state index in [9.17, 15) is 14.0 Å². The molecule has 1 N–H and O–H groups in total. The van der Waals surface area contributed by atoms with Gasteiger partial charge in [-0.3, -0.25) is 9.59 Å². The number of hydrogen-bond donors (Lipinski definition) is 1. The summed E-state index contributed by atoms with van der Waals surface area (Å²) < 4.78 is 14.3. The van der Waals surface area contributed by atoms with E-state index in [1.54, 1.807) is 11.0 Å². The monoisotopic (exact) mass is 496 g/mol. The van der Waals surface area contributed by atoms with Crippen LogP contribution >= 0.6 is 34.3 Å². The van der Waals surface area contributed by atoms with Gasteiger partial charge in [-0.05, 0) is 60.2 Å². The fraction of sp³-hybridized carbons (Fsp3) is 0.120. The minimum Gasteiger partial charge on any atom is -0.328 e. The maximum atomic E-state index is 13.7. The Morgan fingerprint density at radius 3 is 2.76 bits per heavy atom. The maximum absolute atomic E-state index is 13.7. The van der Waals surface area contributed by atoms with Crippen LogP contribution in [0.1, 0.15) is 25.7 Å². The van der Waals surface area contributed by atoms with Crippen molar-refractivity contribution in [1.29, 1.82) is 0 Å². The highest BCUT2D eigenvalue weighted by molar-refractivity contribution is 7.21. The second-order valence-electron chi connectivity index (χ2n) is 7.84. The number of benzene rings is 2. The van der Waals surface area contributed by atoms with Gasteiger partial charge in [0.2, 0.25) is 0 Å². The number of thiophene rings is 2. The number of nitrogens with one attached hydrogen (secondary N) is 1. The van der Waals surface area contributed by atoms with Gasteiger partial charge in [-0.2, -0.15) is 0 Å². The molecule has 1 amide bonds. The Balaban J connectivity index is 1.56. The zero-order valence-electron chi connectivity index (χ0n) is 17.5. The van der Waals surface area contributed by atoms with Gasteiger partial charge in [0, 0.05) is 26.0 Å². The number of rotatable bonds is 5. The fourth-order valence-electron chi connectivity index (χ4n) is 3.80. The van der Waals surface area contributed by atoms with Crippen LogP contribution in [0.2, 0.25) is 5.02 Å². The van der Waals surface area contributed by atoms with Gasteiger partial charge in [-0.1, -0.05) is 29.3 Å².